The standard InChI is InChI=1S/C24H26N4O/c1-3-13-29-28-22-15-18(14-21-23(22)16(2)26-24(25)27-21)20-12-8-7-11-19(20)17-9-5-4-6-10-17/h4-12,18H,3,13-15H2,1-2H3,(H2,25,26,27)/b28-22+. The molecule has 2 aromatic carbocycles. The van der Waals surface area contributed by atoms with E-state index < -0.39 is 0 Å². The van der Waals surface area contributed by atoms with E-state index in [4.69, 9.17) is 10.6 Å². The van der Waals surface area contributed by atoms with E-state index in [1.807, 2.05) is 13.0 Å². The van der Waals surface area contributed by atoms with Gasteiger partial charge in [0.1, 0.15) is 6.61 Å². The zero-order chi connectivity index (χ0) is 20.2. The predicted octanol–water partition coefficient (Wildman–Crippen LogP) is 4.89. The van der Waals surface area contributed by atoms with Gasteiger partial charge in [-0.25, -0.2) is 9.97 Å². The second-order valence-corrected chi connectivity index (χ2v) is 7.42. The van der Waals surface area contributed by atoms with Crippen LogP contribution >= 0.6 is 0 Å². The average molecular weight is 386 g/mol. The van der Waals surface area contributed by atoms with Crippen molar-refractivity contribution in [1.82, 2.24) is 9.97 Å². The Morgan fingerprint density at radius 1 is 1.03 bits per heavy atom. The monoisotopic (exact) mass is 386 g/mol. The number of oxime groups is 1. The zero-order valence-corrected chi connectivity index (χ0v) is 16.9. The van der Waals surface area contributed by atoms with Gasteiger partial charge in [0.15, 0.2) is 0 Å². The van der Waals surface area contributed by atoms with Crippen LogP contribution in [0.3, 0.4) is 0 Å². The summed E-state index contributed by atoms with van der Waals surface area (Å²) in [5.74, 6) is 0.559. The van der Waals surface area contributed by atoms with E-state index in [-0.39, 0.29) is 5.92 Å². The average Bonchev–Trinajstić information content (AvgIpc) is 2.74. The summed E-state index contributed by atoms with van der Waals surface area (Å²) in [6.45, 7) is 4.63. The van der Waals surface area contributed by atoms with Gasteiger partial charge in [0.2, 0.25) is 5.95 Å². The molecule has 3 aromatic rings. The van der Waals surface area contributed by atoms with Crippen molar-refractivity contribution in [3.63, 3.8) is 0 Å². The molecule has 0 fully saturated rings. The van der Waals surface area contributed by atoms with Crippen LogP contribution in [0.15, 0.2) is 59.8 Å². The highest BCUT2D eigenvalue weighted by atomic mass is 16.6. The smallest absolute Gasteiger partial charge is 0.220 e. The Morgan fingerprint density at radius 3 is 2.59 bits per heavy atom. The molecule has 1 aromatic heterocycles. The third-order valence-corrected chi connectivity index (χ3v) is 5.31. The second kappa shape index (κ2) is 8.43. The van der Waals surface area contributed by atoms with Gasteiger partial charge in [0.25, 0.3) is 0 Å². The lowest BCUT2D eigenvalue weighted by Crippen LogP contribution is -2.24. The Kier molecular flexibility index (Phi) is 5.56. The van der Waals surface area contributed by atoms with Gasteiger partial charge in [0.05, 0.1) is 17.1 Å². The summed E-state index contributed by atoms with van der Waals surface area (Å²) < 4.78 is 0. The Labute approximate surface area is 171 Å². The van der Waals surface area contributed by atoms with E-state index in [2.05, 4.69) is 70.6 Å². The summed E-state index contributed by atoms with van der Waals surface area (Å²) in [4.78, 5) is 14.5. The number of nitrogen functional groups attached to an aromatic ring is 1. The number of aryl methyl sites for hydroxylation is 1. The van der Waals surface area contributed by atoms with E-state index in [1.54, 1.807) is 0 Å². The fourth-order valence-corrected chi connectivity index (χ4v) is 4.07. The lowest BCUT2D eigenvalue weighted by atomic mass is 9.78. The molecule has 1 aliphatic rings. The third kappa shape index (κ3) is 3.99. The van der Waals surface area contributed by atoms with Gasteiger partial charge in [-0.1, -0.05) is 66.7 Å². The molecule has 0 spiro atoms. The molecule has 29 heavy (non-hydrogen) atoms. The Balaban J connectivity index is 1.78. The van der Waals surface area contributed by atoms with Crippen molar-refractivity contribution in [2.24, 2.45) is 5.16 Å². The fraction of sp³-hybridized carbons (Fsp3) is 0.292. The molecule has 148 valence electrons. The van der Waals surface area contributed by atoms with Crippen LogP contribution in [0.2, 0.25) is 0 Å². The predicted molar refractivity (Wildman–Crippen MR) is 117 cm³/mol. The first-order valence-corrected chi connectivity index (χ1v) is 10.1. The van der Waals surface area contributed by atoms with Crippen molar-refractivity contribution >= 4 is 11.7 Å². The van der Waals surface area contributed by atoms with Crippen molar-refractivity contribution in [3.8, 4) is 11.1 Å². The van der Waals surface area contributed by atoms with Gasteiger partial charge in [-0.2, -0.15) is 0 Å². The lowest BCUT2D eigenvalue weighted by Gasteiger charge is -2.28. The number of rotatable bonds is 5. The van der Waals surface area contributed by atoms with Gasteiger partial charge < -0.3 is 10.6 Å². The highest BCUT2D eigenvalue weighted by Crippen LogP contribution is 2.38. The molecule has 1 atom stereocenters. The molecule has 0 saturated heterocycles. The van der Waals surface area contributed by atoms with Crippen molar-refractivity contribution in [1.29, 1.82) is 0 Å². The van der Waals surface area contributed by atoms with Crippen LogP contribution in [0, 0.1) is 6.92 Å². The third-order valence-electron chi connectivity index (χ3n) is 5.31. The Morgan fingerprint density at radius 2 is 1.79 bits per heavy atom. The van der Waals surface area contributed by atoms with E-state index in [0.29, 0.717) is 12.6 Å². The van der Waals surface area contributed by atoms with Crippen molar-refractivity contribution in [3.05, 3.63) is 77.1 Å². The number of nitrogens with two attached hydrogens (primary N) is 1. The molecule has 1 aliphatic carbocycles. The Hall–Kier alpha value is -3.21. The molecule has 2 N–H and O–H groups in total. The molecular formula is C24H26N4O. The van der Waals surface area contributed by atoms with Crippen molar-refractivity contribution in [2.75, 3.05) is 12.3 Å². The van der Waals surface area contributed by atoms with E-state index >= 15 is 0 Å². The molecule has 0 bridgehead atoms. The van der Waals surface area contributed by atoms with Crippen molar-refractivity contribution < 1.29 is 4.84 Å². The first-order chi connectivity index (χ1) is 14.2. The van der Waals surface area contributed by atoms with Gasteiger partial charge in [-0.3, -0.25) is 0 Å². The van der Waals surface area contributed by atoms with Gasteiger partial charge in [0, 0.05) is 12.0 Å². The summed E-state index contributed by atoms with van der Waals surface area (Å²) >= 11 is 0. The number of hydrogen-bond acceptors (Lipinski definition) is 5. The molecule has 0 aliphatic heterocycles. The van der Waals surface area contributed by atoms with E-state index in [1.165, 1.54) is 16.7 Å². The molecule has 5 heteroatoms. The maximum atomic E-state index is 5.96. The van der Waals surface area contributed by atoms with Gasteiger partial charge in [-0.15, -0.1) is 0 Å². The maximum absolute atomic E-state index is 5.96. The highest BCUT2D eigenvalue weighted by Gasteiger charge is 2.30. The molecule has 1 unspecified atom stereocenters. The van der Waals surface area contributed by atoms with Crippen LogP contribution < -0.4 is 5.73 Å². The zero-order valence-electron chi connectivity index (χ0n) is 16.9. The number of hydrogen-bond donors (Lipinski definition) is 1. The summed E-state index contributed by atoms with van der Waals surface area (Å²) in [5, 5.41) is 4.48. The van der Waals surface area contributed by atoms with Gasteiger partial charge >= 0.3 is 0 Å². The summed E-state index contributed by atoms with van der Waals surface area (Å²) in [6.07, 6.45) is 2.51. The molecule has 1 heterocycles. The number of nitrogens with zero attached hydrogens (tertiary/aromatic N) is 3. The SMILES string of the molecule is CCCO/N=C1\CC(c2ccccc2-c2ccccc2)Cc2nc(N)nc(C)c21. The van der Waals surface area contributed by atoms with Crippen LogP contribution in [0.5, 0.6) is 0 Å². The van der Waals surface area contributed by atoms with Crippen LogP contribution in [0.1, 0.15) is 48.2 Å². The fourth-order valence-electron chi connectivity index (χ4n) is 4.07. The van der Waals surface area contributed by atoms with Crippen LogP contribution in [-0.2, 0) is 11.3 Å². The van der Waals surface area contributed by atoms with Crippen molar-refractivity contribution in [2.45, 2.75) is 39.0 Å². The summed E-state index contributed by atoms with van der Waals surface area (Å²) in [5.41, 5.74) is 13.4. The molecule has 0 saturated carbocycles. The number of aromatic nitrogens is 2. The number of benzene rings is 2. The number of fused-ring (bicyclic) bond motifs is 1. The van der Waals surface area contributed by atoms with Crippen LogP contribution in [0.25, 0.3) is 11.1 Å². The summed E-state index contributed by atoms with van der Waals surface area (Å²) in [7, 11) is 0. The maximum Gasteiger partial charge on any atom is 0.220 e. The van der Waals surface area contributed by atoms with Crippen LogP contribution in [0.4, 0.5) is 5.95 Å². The lowest BCUT2D eigenvalue weighted by molar-refractivity contribution is 0.144. The minimum atomic E-state index is 0.247. The first-order valence-electron chi connectivity index (χ1n) is 10.1. The highest BCUT2D eigenvalue weighted by molar-refractivity contribution is 6.03. The van der Waals surface area contributed by atoms with E-state index in [0.717, 1.165) is 41.9 Å². The largest absolute Gasteiger partial charge is 0.396 e. The quantitative estimate of drug-likeness (QED) is 0.500. The molecule has 5 nitrogen and oxygen atoms in total. The number of anilines is 1. The van der Waals surface area contributed by atoms with Gasteiger partial charge in [-0.05, 0) is 42.4 Å². The minimum Gasteiger partial charge on any atom is -0.396 e. The summed E-state index contributed by atoms with van der Waals surface area (Å²) in [6, 6.07) is 19.1. The molecule has 4 rings (SSSR count). The molecule has 0 radical (unpaired) electrons. The van der Waals surface area contributed by atoms with Crippen LogP contribution in [-0.4, -0.2) is 22.3 Å². The topological polar surface area (TPSA) is 73.4 Å². The second-order valence-electron chi connectivity index (χ2n) is 7.42. The Bertz CT molecular complexity index is 1030. The molecular weight excluding hydrogens is 360 g/mol. The minimum absolute atomic E-state index is 0.247. The normalized spacial score (nSPS) is 17.2. The molecule has 0 amide bonds. The van der Waals surface area contributed by atoms with E-state index in [9.17, 15) is 0 Å². The first kappa shape index (κ1) is 19.1.